The molecule has 0 aromatic heterocycles. The predicted octanol–water partition coefficient (Wildman–Crippen LogP) is 8.49. The van der Waals surface area contributed by atoms with E-state index < -0.39 is 0 Å². The Labute approximate surface area is 171 Å². The molecule has 0 aliphatic carbocycles. The van der Waals surface area contributed by atoms with E-state index in [9.17, 15) is 0 Å². The fourth-order valence-corrected chi connectivity index (χ4v) is 3.74. The molecule has 0 bridgehead atoms. The third kappa shape index (κ3) is 5.83. The Morgan fingerprint density at radius 2 is 0.679 bits per heavy atom. The van der Waals surface area contributed by atoms with Crippen LogP contribution in [-0.2, 0) is 12.8 Å². The van der Waals surface area contributed by atoms with Gasteiger partial charge in [-0.2, -0.15) is 0 Å². The molecular formula is C28H34. The van der Waals surface area contributed by atoms with Gasteiger partial charge < -0.3 is 0 Å². The molecule has 0 amide bonds. The average molecular weight is 371 g/mol. The molecule has 0 nitrogen and oxygen atoms in total. The Bertz CT molecular complexity index is 735. The van der Waals surface area contributed by atoms with Crippen molar-refractivity contribution < 1.29 is 0 Å². The molecule has 0 spiro atoms. The average Bonchev–Trinajstić information content (AvgIpc) is 2.75. The minimum Gasteiger partial charge on any atom is -0.0654 e. The van der Waals surface area contributed by atoms with Gasteiger partial charge in [-0.15, -0.1) is 0 Å². The number of rotatable bonds is 10. The summed E-state index contributed by atoms with van der Waals surface area (Å²) in [5.41, 5.74) is 8.09. The van der Waals surface area contributed by atoms with Gasteiger partial charge in [0.25, 0.3) is 0 Å². The second-order valence-electron chi connectivity index (χ2n) is 7.89. The number of benzene rings is 3. The van der Waals surface area contributed by atoms with Crippen LogP contribution in [0.4, 0.5) is 0 Å². The molecule has 0 radical (unpaired) electrons. The highest BCUT2D eigenvalue weighted by Gasteiger charge is 2.02. The van der Waals surface area contributed by atoms with Crippen LogP contribution in [0.5, 0.6) is 0 Å². The maximum Gasteiger partial charge on any atom is -0.0184 e. The van der Waals surface area contributed by atoms with Gasteiger partial charge in [0.05, 0.1) is 0 Å². The van der Waals surface area contributed by atoms with Crippen LogP contribution in [0.2, 0.25) is 0 Å². The molecule has 0 aliphatic rings. The molecule has 0 aliphatic heterocycles. The van der Waals surface area contributed by atoms with E-state index in [1.165, 1.54) is 84.7 Å². The molecule has 0 atom stereocenters. The predicted molar refractivity (Wildman–Crippen MR) is 124 cm³/mol. The van der Waals surface area contributed by atoms with E-state index >= 15 is 0 Å². The third-order valence-electron chi connectivity index (χ3n) is 5.60. The van der Waals surface area contributed by atoms with Crippen LogP contribution >= 0.6 is 0 Å². The van der Waals surface area contributed by atoms with Crippen molar-refractivity contribution in [3.8, 4) is 22.3 Å². The van der Waals surface area contributed by atoms with Gasteiger partial charge in [0.1, 0.15) is 0 Å². The zero-order chi connectivity index (χ0) is 19.6. The van der Waals surface area contributed by atoms with Crippen molar-refractivity contribution in [2.24, 2.45) is 0 Å². The molecule has 3 aromatic carbocycles. The number of hydrogen-bond donors (Lipinski definition) is 0. The van der Waals surface area contributed by atoms with Crippen molar-refractivity contribution >= 4 is 0 Å². The number of aryl methyl sites for hydroxylation is 2. The molecule has 0 unspecified atom stereocenters. The minimum absolute atomic E-state index is 1.20. The highest BCUT2D eigenvalue weighted by atomic mass is 14.1. The molecule has 0 N–H and O–H groups in total. The second-order valence-corrected chi connectivity index (χ2v) is 7.89. The molecule has 3 aromatic rings. The molecule has 0 saturated heterocycles. The highest BCUT2D eigenvalue weighted by Crippen LogP contribution is 2.26. The smallest absolute Gasteiger partial charge is 0.0184 e. The summed E-state index contributed by atoms with van der Waals surface area (Å²) in [6.45, 7) is 4.52. The summed E-state index contributed by atoms with van der Waals surface area (Å²) in [5.74, 6) is 0. The van der Waals surface area contributed by atoms with E-state index in [0.29, 0.717) is 0 Å². The third-order valence-corrected chi connectivity index (χ3v) is 5.60. The molecule has 0 fully saturated rings. The normalized spacial score (nSPS) is 10.9. The van der Waals surface area contributed by atoms with Gasteiger partial charge in [0.2, 0.25) is 0 Å². The van der Waals surface area contributed by atoms with Crippen molar-refractivity contribution in [1.82, 2.24) is 0 Å². The Balaban J connectivity index is 1.63. The van der Waals surface area contributed by atoms with Crippen LogP contribution in [0.1, 0.15) is 63.5 Å². The van der Waals surface area contributed by atoms with E-state index in [0.717, 1.165) is 0 Å². The first kappa shape index (κ1) is 20.4. The SMILES string of the molecule is CCCCCc1ccc(-c2ccc(-c3ccc(CCCCC)cc3)cc2)cc1. The van der Waals surface area contributed by atoms with Crippen LogP contribution in [0.15, 0.2) is 72.8 Å². The van der Waals surface area contributed by atoms with E-state index in [1.807, 2.05) is 0 Å². The van der Waals surface area contributed by atoms with Crippen LogP contribution in [0, 0.1) is 0 Å². The molecule has 0 saturated carbocycles. The second kappa shape index (κ2) is 10.9. The molecule has 3 rings (SSSR count). The first-order valence-corrected chi connectivity index (χ1v) is 11.1. The summed E-state index contributed by atoms with van der Waals surface area (Å²) < 4.78 is 0. The van der Waals surface area contributed by atoms with Crippen molar-refractivity contribution in [3.05, 3.63) is 83.9 Å². The molecule has 28 heavy (non-hydrogen) atoms. The van der Waals surface area contributed by atoms with Gasteiger partial charge in [-0.05, 0) is 59.1 Å². The van der Waals surface area contributed by atoms with Gasteiger partial charge in [0, 0.05) is 0 Å². The molecule has 0 heterocycles. The highest BCUT2D eigenvalue weighted by molar-refractivity contribution is 5.70. The van der Waals surface area contributed by atoms with Gasteiger partial charge in [-0.3, -0.25) is 0 Å². The molecular weight excluding hydrogens is 336 g/mol. The Morgan fingerprint density at radius 3 is 0.964 bits per heavy atom. The molecule has 146 valence electrons. The monoisotopic (exact) mass is 370 g/mol. The Kier molecular flexibility index (Phi) is 7.91. The van der Waals surface area contributed by atoms with Crippen LogP contribution in [0.25, 0.3) is 22.3 Å². The summed E-state index contributed by atoms with van der Waals surface area (Å²) in [6, 6.07) is 27.2. The quantitative estimate of drug-likeness (QED) is 0.314. The van der Waals surface area contributed by atoms with Gasteiger partial charge >= 0.3 is 0 Å². The summed E-state index contributed by atoms with van der Waals surface area (Å²) in [6.07, 6.45) is 10.2. The maximum absolute atomic E-state index is 2.29. The van der Waals surface area contributed by atoms with Crippen molar-refractivity contribution in [1.29, 1.82) is 0 Å². The van der Waals surface area contributed by atoms with Crippen LogP contribution < -0.4 is 0 Å². The lowest BCUT2D eigenvalue weighted by Crippen LogP contribution is -1.87. The summed E-state index contributed by atoms with van der Waals surface area (Å²) >= 11 is 0. The lowest BCUT2D eigenvalue weighted by molar-refractivity contribution is 0.717. The van der Waals surface area contributed by atoms with Crippen LogP contribution in [0.3, 0.4) is 0 Å². The zero-order valence-corrected chi connectivity index (χ0v) is 17.6. The van der Waals surface area contributed by atoms with Crippen molar-refractivity contribution in [3.63, 3.8) is 0 Å². The van der Waals surface area contributed by atoms with Gasteiger partial charge in [0.15, 0.2) is 0 Å². The maximum atomic E-state index is 2.29. The first-order valence-electron chi connectivity index (χ1n) is 11.1. The van der Waals surface area contributed by atoms with E-state index in [2.05, 4.69) is 86.6 Å². The summed E-state index contributed by atoms with van der Waals surface area (Å²) in [7, 11) is 0. The number of unbranched alkanes of at least 4 members (excludes halogenated alkanes) is 4. The lowest BCUT2D eigenvalue weighted by Gasteiger charge is -2.08. The molecule has 0 heteroatoms. The van der Waals surface area contributed by atoms with E-state index in [4.69, 9.17) is 0 Å². The zero-order valence-electron chi connectivity index (χ0n) is 17.6. The summed E-state index contributed by atoms with van der Waals surface area (Å²) in [4.78, 5) is 0. The lowest BCUT2D eigenvalue weighted by atomic mass is 9.97. The van der Waals surface area contributed by atoms with E-state index in [1.54, 1.807) is 0 Å². The number of hydrogen-bond acceptors (Lipinski definition) is 0. The van der Waals surface area contributed by atoms with Gasteiger partial charge in [-0.1, -0.05) is 112 Å². The fraction of sp³-hybridized carbons (Fsp3) is 0.357. The van der Waals surface area contributed by atoms with Crippen molar-refractivity contribution in [2.45, 2.75) is 65.2 Å². The topological polar surface area (TPSA) is 0 Å². The largest absolute Gasteiger partial charge is 0.0654 e. The minimum atomic E-state index is 1.20. The first-order chi connectivity index (χ1) is 13.8. The fourth-order valence-electron chi connectivity index (χ4n) is 3.74. The van der Waals surface area contributed by atoms with Crippen molar-refractivity contribution in [2.75, 3.05) is 0 Å². The standard InChI is InChI=1S/C28H34/c1-3-5-7-9-23-11-15-25(16-12-23)27-19-21-28(22-20-27)26-17-13-24(14-18-26)10-8-6-4-2/h11-22H,3-10H2,1-2H3. The van der Waals surface area contributed by atoms with Gasteiger partial charge in [-0.25, -0.2) is 0 Å². The summed E-state index contributed by atoms with van der Waals surface area (Å²) in [5, 5.41) is 0. The Hall–Kier alpha value is -2.34. The van der Waals surface area contributed by atoms with E-state index in [-0.39, 0.29) is 0 Å². The Morgan fingerprint density at radius 1 is 0.393 bits per heavy atom. The van der Waals surface area contributed by atoms with Crippen LogP contribution in [-0.4, -0.2) is 0 Å².